The van der Waals surface area contributed by atoms with Crippen molar-refractivity contribution in [3.63, 3.8) is 0 Å². The molecule has 2 aromatic carbocycles. The van der Waals surface area contributed by atoms with Crippen molar-refractivity contribution in [2.24, 2.45) is 0 Å². The summed E-state index contributed by atoms with van der Waals surface area (Å²) in [5, 5.41) is 2.77. The third-order valence-electron chi connectivity index (χ3n) is 4.74. The van der Waals surface area contributed by atoms with Gasteiger partial charge in [-0.15, -0.1) is 11.3 Å². The summed E-state index contributed by atoms with van der Waals surface area (Å²) in [6.07, 6.45) is 3.30. The second kappa shape index (κ2) is 11.3. The highest BCUT2D eigenvalue weighted by Gasteiger charge is 2.12. The van der Waals surface area contributed by atoms with Gasteiger partial charge in [-0.2, -0.15) is 0 Å². The quantitative estimate of drug-likeness (QED) is 0.308. The van der Waals surface area contributed by atoms with E-state index in [2.05, 4.69) is 5.32 Å². The van der Waals surface area contributed by atoms with Crippen LogP contribution in [0.25, 0.3) is 6.08 Å². The number of ether oxygens (including phenoxy) is 3. The Balaban J connectivity index is 1.67. The molecule has 6 nitrogen and oxygen atoms in total. The molecule has 7 heteroatoms. The Morgan fingerprint density at radius 1 is 1.00 bits per heavy atom. The molecule has 0 atom stereocenters. The molecule has 0 aliphatic rings. The number of para-hydroxylation sites is 2. The number of hydrogen-bond acceptors (Lipinski definition) is 6. The number of nitrogens with one attached hydrogen (secondary N) is 1. The topological polar surface area (TPSA) is 73.9 Å². The van der Waals surface area contributed by atoms with E-state index in [-0.39, 0.29) is 18.3 Å². The van der Waals surface area contributed by atoms with Gasteiger partial charge in [-0.1, -0.05) is 24.3 Å². The highest BCUT2D eigenvalue weighted by Crippen LogP contribution is 2.30. The minimum Gasteiger partial charge on any atom is -0.495 e. The fraction of sp³-hybridized carbons (Fsp3) is 0.231. The molecule has 0 spiro atoms. The SMILES string of the molecule is CCOc1cc(/C=C/C(=O)c2cc(C)sc2C)ccc1OCC(=O)Nc1ccccc1OC. The van der Waals surface area contributed by atoms with Crippen LogP contribution in [0.4, 0.5) is 5.69 Å². The van der Waals surface area contributed by atoms with E-state index in [1.54, 1.807) is 54.9 Å². The molecule has 0 bridgehead atoms. The number of ketones is 1. The number of carbonyl (C=O) groups excluding carboxylic acids is 2. The van der Waals surface area contributed by atoms with Crippen LogP contribution in [0, 0.1) is 13.8 Å². The third-order valence-corrected chi connectivity index (χ3v) is 5.71. The van der Waals surface area contributed by atoms with Gasteiger partial charge in [0.2, 0.25) is 0 Å². The zero-order valence-corrected chi connectivity index (χ0v) is 20.0. The standard InChI is InChI=1S/C26H27NO5S/c1-5-31-25-15-19(10-12-22(28)20-14-17(2)33-18(20)3)11-13-24(25)32-16-26(29)27-21-8-6-7-9-23(21)30-4/h6-15H,5,16H2,1-4H3,(H,27,29)/b12-10+. The number of amides is 1. The lowest BCUT2D eigenvalue weighted by Gasteiger charge is -2.13. The Labute approximate surface area is 197 Å². The maximum Gasteiger partial charge on any atom is 0.262 e. The first-order valence-electron chi connectivity index (χ1n) is 10.5. The number of hydrogen-bond donors (Lipinski definition) is 1. The van der Waals surface area contributed by atoms with Crippen molar-refractivity contribution in [3.8, 4) is 17.2 Å². The molecule has 0 saturated carbocycles. The minimum absolute atomic E-state index is 0.0388. The summed E-state index contributed by atoms with van der Waals surface area (Å²) >= 11 is 1.61. The molecule has 1 aromatic heterocycles. The molecule has 0 radical (unpaired) electrons. The van der Waals surface area contributed by atoms with E-state index in [4.69, 9.17) is 14.2 Å². The Morgan fingerprint density at radius 2 is 1.79 bits per heavy atom. The number of carbonyl (C=O) groups is 2. The largest absolute Gasteiger partial charge is 0.495 e. The van der Waals surface area contributed by atoms with Crippen molar-refractivity contribution in [1.82, 2.24) is 0 Å². The van der Waals surface area contributed by atoms with Crippen molar-refractivity contribution in [1.29, 1.82) is 0 Å². The summed E-state index contributed by atoms with van der Waals surface area (Å²) in [7, 11) is 1.54. The fourth-order valence-corrected chi connectivity index (χ4v) is 4.16. The van der Waals surface area contributed by atoms with E-state index < -0.39 is 0 Å². The van der Waals surface area contributed by atoms with E-state index in [1.807, 2.05) is 45.0 Å². The van der Waals surface area contributed by atoms with Crippen LogP contribution in [0.15, 0.2) is 54.6 Å². The molecule has 0 aliphatic carbocycles. The van der Waals surface area contributed by atoms with Gasteiger partial charge in [0.15, 0.2) is 23.9 Å². The lowest BCUT2D eigenvalue weighted by Crippen LogP contribution is -2.20. The van der Waals surface area contributed by atoms with Crippen LogP contribution in [0.5, 0.6) is 17.2 Å². The molecule has 1 amide bonds. The highest BCUT2D eigenvalue weighted by atomic mass is 32.1. The zero-order valence-electron chi connectivity index (χ0n) is 19.1. The van der Waals surface area contributed by atoms with Crippen molar-refractivity contribution >= 4 is 34.8 Å². The molecule has 0 saturated heterocycles. The summed E-state index contributed by atoms with van der Waals surface area (Å²) in [6, 6.07) is 14.4. The summed E-state index contributed by atoms with van der Waals surface area (Å²) < 4.78 is 16.6. The lowest BCUT2D eigenvalue weighted by atomic mass is 10.1. The second-order valence-electron chi connectivity index (χ2n) is 7.20. The van der Waals surface area contributed by atoms with Crippen molar-refractivity contribution in [2.75, 3.05) is 25.6 Å². The lowest BCUT2D eigenvalue weighted by molar-refractivity contribution is -0.118. The zero-order chi connectivity index (χ0) is 23.8. The molecular formula is C26H27NO5S. The predicted molar refractivity (Wildman–Crippen MR) is 132 cm³/mol. The number of methoxy groups -OCH3 is 1. The summed E-state index contributed by atoms with van der Waals surface area (Å²) in [6.45, 7) is 6.04. The minimum atomic E-state index is -0.321. The van der Waals surface area contributed by atoms with Gasteiger partial charge in [-0.25, -0.2) is 0 Å². The maximum absolute atomic E-state index is 12.5. The van der Waals surface area contributed by atoms with Gasteiger partial charge in [0, 0.05) is 15.3 Å². The van der Waals surface area contributed by atoms with E-state index in [1.165, 1.54) is 0 Å². The summed E-state index contributed by atoms with van der Waals surface area (Å²) in [5.41, 5.74) is 2.09. The monoisotopic (exact) mass is 465 g/mol. The first-order valence-corrected chi connectivity index (χ1v) is 11.3. The van der Waals surface area contributed by atoms with Crippen LogP contribution >= 0.6 is 11.3 Å². The Morgan fingerprint density at radius 3 is 2.48 bits per heavy atom. The molecule has 33 heavy (non-hydrogen) atoms. The van der Waals surface area contributed by atoms with Gasteiger partial charge < -0.3 is 19.5 Å². The maximum atomic E-state index is 12.5. The smallest absolute Gasteiger partial charge is 0.262 e. The molecule has 0 unspecified atom stereocenters. The number of thiophene rings is 1. The van der Waals surface area contributed by atoms with Crippen LogP contribution in [-0.4, -0.2) is 32.0 Å². The number of anilines is 1. The molecule has 0 aliphatic heterocycles. The Bertz CT molecular complexity index is 1170. The Kier molecular flexibility index (Phi) is 8.27. The molecule has 1 heterocycles. The number of rotatable bonds is 10. The number of aryl methyl sites for hydroxylation is 2. The fourth-order valence-electron chi connectivity index (χ4n) is 3.23. The number of allylic oxidation sites excluding steroid dienone is 1. The van der Waals surface area contributed by atoms with E-state index in [0.717, 1.165) is 20.9 Å². The molecule has 3 rings (SSSR count). The van der Waals surface area contributed by atoms with Crippen LogP contribution in [0.1, 0.15) is 32.6 Å². The van der Waals surface area contributed by atoms with Gasteiger partial charge in [0.1, 0.15) is 5.75 Å². The summed E-state index contributed by atoms with van der Waals surface area (Å²) in [4.78, 5) is 27.0. The number of benzene rings is 2. The van der Waals surface area contributed by atoms with Gasteiger partial charge in [0.05, 0.1) is 19.4 Å². The molecule has 3 aromatic rings. The predicted octanol–water partition coefficient (Wildman–Crippen LogP) is 5.69. The third kappa shape index (κ3) is 6.46. The van der Waals surface area contributed by atoms with Gasteiger partial charge in [0.25, 0.3) is 5.91 Å². The first kappa shape index (κ1) is 24.1. The average Bonchev–Trinajstić information content (AvgIpc) is 3.15. The summed E-state index contributed by atoms with van der Waals surface area (Å²) in [5.74, 6) is 1.15. The van der Waals surface area contributed by atoms with E-state index >= 15 is 0 Å². The van der Waals surface area contributed by atoms with Crippen LogP contribution in [0.2, 0.25) is 0 Å². The second-order valence-corrected chi connectivity index (χ2v) is 8.66. The Hall–Kier alpha value is -3.58. The van der Waals surface area contributed by atoms with Crippen molar-refractivity contribution < 1.29 is 23.8 Å². The van der Waals surface area contributed by atoms with Gasteiger partial charge in [-0.3, -0.25) is 9.59 Å². The average molecular weight is 466 g/mol. The van der Waals surface area contributed by atoms with Crippen LogP contribution < -0.4 is 19.5 Å². The molecule has 0 fully saturated rings. The van der Waals surface area contributed by atoms with E-state index in [9.17, 15) is 9.59 Å². The molecule has 172 valence electrons. The molecule has 1 N–H and O–H groups in total. The van der Waals surface area contributed by atoms with Crippen LogP contribution in [-0.2, 0) is 4.79 Å². The van der Waals surface area contributed by atoms with Crippen molar-refractivity contribution in [2.45, 2.75) is 20.8 Å². The van der Waals surface area contributed by atoms with Crippen molar-refractivity contribution in [3.05, 3.63) is 75.5 Å². The normalized spacial score (nSPS) is 10.8. The van der Waals surface area contributed by atoms with Crippen LogP contribution in [0.3, 0.4) is 0 Å². The van der Waals surface area contributed by atoms with Gasteiger partial charge in [-0.05, 0) is 62.7 Å². The molecular weight excluding hydrogens is 438 g/mol. The van der Waals surface area contributed by atoms with E-state index in [0.29, 0.717) is 29.5 Å². The first-order chi connectivity index (χ1) is 15.9. The highest BCUT2D eigenvalue weighted by molar-refractivity contribution is 7.12. The van der Waals surface area contributed by atoms with Gasteiger partial charge >= 0.3 is 0 Å².